The molecule has 1 aliphatic rings. The molecule has 1 atom stereocenters. The molecule has 1 saturated carbocycles. The standard InChI is InChI=1S/C20H17ClF6N6O2/c1-9-16(35-20(26,27)18(22)19(23,24)25)30-32(2)17(9)33-8-14(29-31-33)10-3-6-13(21)12(7-10)15(34)28-11-4-5-11/h3,6-8,11,18H,4-5H2,1-2H3,(H,28,34). The van der Waals surface area contributed by atoms with Crippen LogP contribution in [0.25, 0.3) is 17.1 Å². The number of alkyl halides is 6. The molecular weight excluding hydrogens is 506 g/mol. The number of aryl methyl sites for hydroxylation is 1. The van der Waals surface area contributed by atoms with Crippen LogP contribution in [0, 0.1) is 6.92 Å². The Morgan fingerprint density at radius 1 is 1.26 bits per heavy atom. The van der Waals surface area contributed by atoms with Crippen molar-refractivity contribution in [1.29, 1.82) is 0 Å². The number of aromatic nitrogens is 5. The van der Waals surface area contributed by atoms with E-state index >= 15 is 0 Å². The summed E-state index contributed by atoms with van der Waals surface area (Å²) in [6.07, 6.45) is -12.4. The fraction of sp³-hybridized carbons (Fsp3) is 0.400. The van der Waals surface area contributed by atoms with Gasteiger partial charge in [-0.3, -0.25) is 4.79 Å². The third kappa shape index (κ3) is 5.06. The van der Waals surface area contributed by atoms with Crippen LogP contribution in [0.4, 0.5) is 26.3 Å². The minimum absolute atomic E-state index is 0.0256. The number of amides is 1. The third-order valence-electron chi connectivity index (χ3n) is 5.15. The summed E-state index contributed by atoms with van der Waals surface area (Å²) in [5.74, 6) is -1.23. The van der Waals surface area contributed by atoms with Crippen LogP contribution in [0.5, 0.6) is 5.88 Å². The van der Waals surface area contributed by atoms with Crippen LogP contribution in [-0.4, -0.2) is 55.2 Å². The highest BCUT2D eigenvalue weighted by molar-refractivity contribution is 6.34. The van der Waals surface area contributed by atoms with E-state index in [9.17, 15) is 31.1 Å². The Morgan fingerprint density at radius 3 is 2.57 bits per heavy atom. The normalized spacial score (nSPS) is 15.2. The Morgan fingerprint density at radius 2 is 1.94 bits per heavy atom. The second-order valence-corrected chi connectivity index (χ2v) is 8.34. The Kier molecular flexibility index (Phi) is 6.19. The van der Waals surface area contributed by atoms with Crippen LogP contribution >= 0.6 is 11.6 Å². The SMILES string of the molecule is Cc1c(OC(F)(F)C(F)C(F)(F)F)nn(C)c1-n1cc(-c2ccc(Cl)c(C(=O)NC3CC3)c2)nn1. The molecule has 1 amide bonds. The minimum atomic E-state index is -5.83. The number of carbonyl (C=O) groups excluding carboxylic acids is 1. The summed E-state index contributed by atoms with van der Waals surface area (Å²) < 4.78 is 84.0. The van der Waals surface area contributed by atoms with Crippen LogP contribution in [-0.2, 0) is 7.05 Å². The highest BCUT2D eigenvalue weighted by Crippen LogP contribution is 2.38. The lowest BCUT2D eigenvalue weighted by Gasteiger charge is -2.22. The smallest absolute Gasteiger partial charge is 0.410 e. The number of hydrogen-bond donors (Lipinski definition) is 1. The fourth-order valence-electron chi connectivity index (χ4n) is 3.23. The molecule has 1 unspecified atom stereocenters. The van der Waals surface area contributed by atoms with Crippen LogP contribution in [0.15, 0.2) is 24.4 Å². The van der Waals surface area contributed by atoms with E-state index in [0.29, 0.717) is 5.56 Å². The van der Waals surface area contributed by atoms with Gasteiger partial charge < -0.3 is 10.1 Å². The summed E-state index contributed by atoms with van der Waals surface area (Å²) in [7, 11) is 1.30. The van der Waals surface area contributed by atoms with Gasteiger partial charge in [-0.1, -0.05) is 22.9 Å². The zero-order chi connectivity index (χ0) is 25.7. The van der Waals surface area contributed by atoms with Gasteiger partial charge in [-0.05, 0) is 31.9 Å². The van der Waals surface area contributed by atoms with Crippen LogP contribution < -0.4 is 10.1 Å². The van der Waals surface area contributed by atoms with Crippen molar-refractivity contribution in [3.63, 3.8) is 0 Å². The molecule has 0 aliphatic heterocycles. The number of halogens is 7. The lowest BCUT2D eigenvalue weighted by molar-refractivity contribution is -0.305. The van der Waals surface area contributed by atoms with Gasteiger partial charge in [0.1, 0.15) is 5.69 Å². The maximum absolute atomic E-state index is 13.7. The van der Waals surface area contributed by atoms with E-state index < -0.39 is 24.3 Å². The average Bonchev–Trinajstić information content (AvgIpc) is 3.37. The number of rotatable bonds is 7. The zero-order valence-corrected chi connectivity index (χ0v) is 18.8. The van der Waals surface area contributed by atoms with E-state index in [0.717, 1.165) is 22.2 Å². The third-order valence-corrected chi connectivity index (χ3v) is 5.48. The van der Waals surface area contributed by atoms with E-state index in [1.807, 2.05) is 0 Å². The average molecular weight is 523 g/mol. The van der Waals surface area contributed by atoms with Crippen LogP contribution in [0.3, 0.4) is 0 Å². The molecule has 1 fully saturated rings. The van der Waals surface area contributed by atoms with Gasteiger partial charge in [-0.15, -0.1) is 10.2 Å². The first-order valence-electron chi connectivity index (χ1n) is 10.1. The molecule has 0 saturated heterocycles. The van der Waals surface area contributed by atoms with E-state index in [1.54, 1.807) is 6.07 Å². The molecule has 1 aliphatic carbocycles. The first-order valence-corrected chi connectivity index (χ1v) is 10.5. The van der Waals surface area contributed by atoms with Crippen molar-refractivity contribution >= 4 is 17.5 Å². The van der Waals surface area contributed by atoms with Gasteiger partial charge in [0.15, 0.2) is 5.82 Å². The topological polar surface area (TPSA) is 86.9 Å². The van der Waals surface area contributed by atoms with Crippen molar-refractivity contribution in [2.45, 2.75) is 44.3 Å². The molecule has 2 aromatic heterocycles. The highest BCUT2D eigenvalue weighted by Gasteiger charge is 2.59. The van der Waals surface area contributed by atoms with Gasteiger partial charge in [0.25, 0.3) is 12.1 Å². The van der Waals surface area contributed by atoms with Crippen LogP contribution in [0.2, 0.25) is 5.02 Å². The van der Waals surface area contributed by atoms with Gasteiger partial charge in [-0.2, -0.15) is 22.0 Å². The number of carbonyl (C=O) groups is 1. The van der Waals surface area contributed by atoms with Gasteiger partial charge in [0.05, 0.1) is 22.3 Å². The molecule has 1 N–H and O–H groups in total. The van der Waals surface area contributed by atoms with E-state index in [2.05, 4.69) is 25.5 Å². The summed E-state index contributed by atoms with van der Waals surface area (Å²) in [6.45, 7) is 1.23. The van der Waals surface area contributed by atoms with E-state index in [-0.39, 0.29) is 39.6 Å². The molecule has 1 aromatic carbocycles. The van der Waals surface area contributed by atoms with Gasteiger partial charge in [0, 0.05) is 18.7 Å². The van der Waals surface area contributed by atoms with Crippen molar-refractivity contribution in [2.24, 2.45) is 7.05 Å². The number of nitrogens with zero attached hydrogens (tertiary/aromatic N) is 5. The number of benzene rings is 1. The predicted molar refractivity (Wildman–Crippen MR) is 110 cm³/mol. The fourth-order valence-corrected chi connectivity index (χ4v) is 3.44. The second kappa shape index (κ2) is 8.73. The molecule has 0 bridgehead atoms. The first-order chi connectivity index (χ1) is 16.3. The van der Waals surface area contributed by atoms with E-state index in [4.69, 9.17) is 11.6 Å². The summed E-state index contributed by atoms with van der Waals surface area (Å²) in [4.78, 5) is 12.4. The molecule has 35 heavy (non-hydrogen) atoms. The highest BCUT2D eigenvalue weighted by atomic mass is 35.5. The summed E-state index contributed by atoms with van der Waals surface area (Å²) in [5, 5.41) is 14.6. The Hall–Kier alpha value is -3.29. The first kappa shape index (κ1) is 24.8. The molecule has 4 rings (SSSR count). The quantitative estimate of drug-likeness (QED) is 0.465. The van der Waals surface area contributed by atoms with Gasteiger partial charge >= 0.3 is 12.3 Å². The number of hydrogen-bond acceptors (Lipinski definition) is 5. The predicted octanol–water partition coefficient (Wildman–Crippen LogP) is 4.39. The van der Waals surface area contributed by atoms with Crippen molar-refractivity contribution in [3.8, 4) is 23.0 Å². The van der Waals surface area contributed by atoms with Crippen molar-refractivity contribution in [1.82, 2.24) is 30.1 Å². The molecule has 15 heteroatoms. The molecule has 0 radical (unpaired) electrons. The molecule has 2 heterocycles. The monoisotopic (exact) mass is 522 g/mol. The maximum atomic E-state index is 13.7. The lowest BCUT2D eigenvalue weighted by Crippen LogP contribution is -2.45. The van der Waals surface area contributed by atoms with Gasteiger partial charge in [-0.25, -0.2) is 13.8 Å². The zero-order valence-electron chi connectivity index (χ0n) is 18.1. The summed E-state index contributed by atoms with van der Waals surface area (Å²) in [5.41, 5.74) is 0.829. The number of ether oxygens (including phenoxy) is 1. The Balaban J connectivity index is 1.61. The largest absolute Gasteiger partial charge is 0.440 e. The van der Waals surface area contributed by atoms with Gasteiger partial charge in [0.2, 0.25) is 5.88 Å². The molecular formula is C20H17ClF6N6O2. The lowest BCUT2D eigenvalue weighted by atomic mass is 10.1. The van der Waals surface area contributed by atoms with Crippen molar-refractivity contribution in [2.75, 3.05) is 0 Å². The Bertz CT molecular complexity index is 1270. The molecule has 0 spiro atoms. The number of nitrogens with one attached hydrogen (secondary N) is 1. The van der Waals surface area contributed by atoms with Crippen molar-refractivity contribution in [3.05, 3.63) is 40.5 Å². The summed E-state index contributed by atoms with van der Waals surface area (Å²) >= 11 is 6.15. The maximum Gasteiger partial charge on any atom is 0.440 e. The van der Waals surface area contributed by atoms with Crippen LogP contribution in [0.1, 0.15) is 28.8 Å². The second-order valence-electron chi connectivity index (χ2n) is 7.94. The van der Waals surface area contributed by atoms with E-state index in [1.165, 1.54) is 32.3 Å². The molecule has 188 valence electrons. The Labute approximate surface area is 198 Å². The molecule has 3 aromatic rings. The minimum Gasteiger partial charge on any atom is -0.410 e. The molecule has 8 nitrogen and oxygen atoms in total. The van der Waals surface area contributed by atoms with Crippen molar-refractivity contribution < 1.29 is 35.9 Å². The summed E-state index contributed by atoms with van der Waals surface area (Å²) in [6, 6.07) is 4.73.